The minimum atomic E-state index is -2.45. The van der Waals surface area contributed by atoms with Crippen LogP contribution < -0.4 is 5.32 Å². The monoisotopic (exact) mass is 414 g/mol. The van der Waals surface area contributed by atoms with Crippen molar-refractivity contribution in [1.82, 2.24) is 10.2 Å². The number of carbonyl (C=O) groups is 1. The van der Waals surface area contributed by atoms with E-state index in [1.54, 1.807) is 23.5 Å². The number of likely N-dealkylation sites (tertiary alicyclic amines) is 1. The van der Waals surface area contributed by atoms with Gasteiger partial charge in [0.05, 0.1) is 11.8 Å². The molecule has 1 saturated heterocycles. The number of nitrogens with zero attached hydrogens (tertiary/aromatic N) is 1. The molecule has 4 nitrogen and oxygen atoms in total. The van der Waals surface area contributed by atoms with Crippen molar-refractivity contribution in [2.75, 3.05) is 19.6 Å². The van der Waals surface area contributed by atoms with Gasteiger partial charge < -0.3 is 9.73 Å². The molecule has 1 atom stereocenters. The highest BCUT2D eigenvalue weighted by Crippen LogP contribution is 2.29. The SMILES string of the molecule is CC1CCN(C(CNC(=O)c2ccc(CSC(F)F)o2)c2cccs2)CC1. The van der Waals surface area contributed by atoms with Crippen molar-refractivity contribution in [2.45, 2.75) is 37.3 Å². The van der Waals surface area contributed by atoms with E-state index >= 15 is 0 Å². The van der Waals surface area contributed by atoms with Gasteiger partial charge >= 0.3 is 0 Å². The van der Waals surface area contributed by atoms with Gasteiger partial charge in [0.2, 0.25) is 0 Å². The van der Waals surface area contributed by atoms with Crippen LogP contribution in [-0.4, -0.2) is 36.2 Å². The minimum absolute atomic E-state index is 0.0503. The highest BCUT2D eigenvalue weighted by Gasteiger charge is 2.26. The molecule has 2 aromatic heterocycles. The Morgan fingerprint density at radius 3 is 2.81 bits per heavy atom. The van der Waals surface area contributed by atoms with E-state index in [1.807, 2.05) is 6.07 Å². The Morgan fingerprint density at radius 1 is 1.37 bits per heavy atom. The summed E-state index contributed by atoms with van der Waals surface area (Å²) >= 11 is 2.18. The molecule has 1 aliphatic rings. The Labute approximate surface area is 166 Å². The van der Waals surface area contributed by atoms with Crippen LogP contribution in [-0.2, 0) is 5.75 Å². The molecule has 0 aromatic carbocycles. The molecule has 1 unspecified atom stereocenters. The van der Waals surface area contributed by atoms with Crippen molar-refractivity contribution in [1.29, 1.82) is 0 Å². The number of piperidine rings is 1. The van der Waals surface area contributed by atoms with E-state index in [0.29, 0.717) is 24.1 Å². The first-order valence-corrected chi connectivity index (χ1v) is 11.0. The average Bonchev–Trinajstić information content (AvgIpc) is 3.33. The lowest BCUT2D eigenvalue weighted by Gasteiger charge is -2.36. The van der Waals surface area contributed by atoms with Crippen molar-refractivity contribution in [3.63, 3.8) is 0 Å². The molecule has 1 fully saturated rings. The third-order valence-corrected chi connectivity index (χ3v) is 6.50. The second-order valence-electron chi connectivity index (χ2n) is 6.80. The van der Waals surface area contributed by atoms with Gasteiger partial charge in [-0.15, -0.1) is 11.3 Å². The predicted octanol–water partition coefficient (Wildman–Crippen LogP) is 5.00. The average molecular weight is 415 g/mol. The van der Waals surface area contributed by atoms with Gasteiger partial charge in [-0.1, -0.05) is 24.8 Å². The summed E-state index contributed by atoms with van der Waals surface area (Å²) < 4.78 is 29.9. The largest absolute Gasteiger partial charge is 0.455 e. The number of rotatable bonds is 8. The molecular formula is C19H24F2N2O2S2. The molecule has 8 heteroatoms. The van der Waals surface area contributed by atoms with Crippen LogP contribution in [0.15, 0.2) is 34.1 Å². The Hall–Kier alpha value is -1.38. The summed E-state index contributed by atoms with van der Waals surface area (Å²) in [6, 6.07) is 7.39. The number of thioether (sulfide) groups is 1. The zero-order valence-electron chi connectivity index (χ0n) is 15.2. The Morgan fingerprint density at radius 2 is 2.15 bits per heavy atom. The van der Waals surface area contributed by atoms with E-state index in [-0.39, 0.29) is 23.5 Å². The van der Waals surface area contributed by atoms with E-state index in [0.717, 1.165) is 19.0 Å². The Balaban J connectivity index is 1.59. The van der Waals surface area contributed by atoms with Gasteiger partial charge in [-0.05, 0) is 55.4 Å². The van der Waals surface area contributed by atoms with Gasteiger partial charge in [-0.2, -0.15) is 8.78 Å². The standard InChI is InChI=1S/C19H24F2N2O2S2/c1-13-6-8-23(9-7-13)15(17-3-2-10-26-17)11-22-18(24)16-5-4-14(25-16)12-27-19(20)21/h2-5,10,13,15,19H,6-9,11-12H2,1H3,(H,22,24). The fourth-order valence-electron chi connectivity index (χ4n) is 3.23. The van der Waals surface area contributed by atoms with Crippen LogP contribution in [0.25, 0.3) is 0 Å². The van der Waals surface area contributed by atoms with Gasteiger partial charge in [0.15, 0.2) is 5.76 Å². The molecule has 0 saturated carbocycles. The van der Waals surface area contributed by atoms with Crippen molar-refractivity contribution < 1.29 is 18.0 Å². The maximum Gasteiger partial charge on any atom is 0.287 e. The number of hydrogen-bond acceptors (Lipinski definition) is 5. The third kappa shape index (κ3) is 5.80. The third-order valence-electron chi connectivity index (χ3n) is 4.82. The van der Waals surface area contributed by atoms with E-state index in [2.05, 4.69) is 28.6 Å². The first-order chi connectivity index (χ1) is 13.0. The van der Waals surface area contributed by atoms with Gasteiger partial charge in [0.1, 0.15) is 5.76 Å². The summed E-state index contributed by atoms with van der Waals surface area (Å²) in [4.78, 5) is 16.1. The van der Waals surface area contributed by atoms with Gasteiger partial charge in [0, 0.05) is 11.4 Å². The second-order valence-corrected chi connectivity index (χ2v) is 8.75. The van der Waals surface area contributed by atoms with Crippen LogP contribution in [0.1, 0.15) is 47.0 Å². The molecule has 0 aliphatic carbocycles. The predicted molar refractivity (Wildman–Crippen MR) is 105 cm³/mol. The number of nitrogens with one attached hydrogen (secondary N) is 1. The van der Waals surface area contributed by atoms with Crippen LogP contribution in [0, 0.1) is 5.92 Å². The number of halogens is 2. The molecule has 2 aromatic rings. The highest BCUT2D eigenvalue weighted by atomic mass is 32.2. The Kier molecular flexibility index (Phi) is 7.32. The van der Waals surface area contributed by atoms with Crippen LogP contribution in [0.3, 0.4) is 0 Å². The van der Waals surface area contributed by atoms with E-state index < -0.39 is 5.76 Å². The smallest absolute Gasteiger partial charge is 0.287 e. The molecule has 0 spiro atoms. The van der Waals surface area contributed by atoms with Crippen molar-refractivity contribution >= 4 is 29.0 Å². The van der Waals surface area contributed by atoms with Crippen molar-refractivity contribution in [2.24, 2.45) is 5.92 Å². The lowest BCUT2D eigenvalue weighted by molar-refractivity contribution is 0.0887. The molecule has 3 rings (SSSR count). The zero-order valence-corrected chi connectivity index (χ0v) is 16.8. The summed E-state index contributed by atoms with van der Waals surface area (Å²) in [7, 11) is 0. The van der Waals surface area contributed by atoms with E-state index in [4.69, 9.17) is 4.42 Å². The fourth-order valence-corrected chi connectivity index (χ4v) is 4.54. The maximum absolute atomic E-state index is 12.4. The lowest BCUT2D eigenvalue weighted by Crippen LogP contribution is -2.41. The number of hydrogen-bond donors (Lipinski definition) is 1. The zero-order chi connectivity index (χ0) is 19.2. The van der Waals surface area contributed by atoms with Gasteiger partial charge in [0.25, 0.3) is 11.7 Å². The number of thiophene rings is 1. The Bertz CT molecular complexity index is 713. The minimum Gasteiger partial charge on any atom is -0.455 e. The first kappa shape index (κ1) is 20.4. The molecule has 27 heavy (non-hydrogen) atoms. The number of alkyl halides is 2. The normalized spacial score (nSPS) is 17.3. The van der Waals surface area contributed by atoms with Crippen molar-refractivity contribution in [3.05, 3.63) is 46.0 Å². The summed E-state index contributed by atoms with van der Waals surface area (Å²) in [6.45, 7) is 4.82. The van der Waals surface area contributed by atoms with Crippen molar-refractivity contribution in [3.8, 4) is 0 Å². The summed E-state index contributed by atoms with van der Waals surface area (Å²) in [5, 5.41) is 5.00. The van der Waals surface area contributed by atoms with E-state index in [9.17, 15) is 13.6 Å². The lowest BCUT2D eigenvalue weighted by atomic mass is 9.97. The molecule has 1 amide bonds. The molecule has 3 heterocycles. The molecule has 0 bridgehead atoms. The molecule has 0 radical (unpaired) electrons. The first-order valence-electron chi connectivity index (χ1n) is 9.07. The van der Waals surface area contributed by atoms with Gasteiger partial charge in [-0.3, -0.25) is 9.69 Å². The summed E-state index contributed by atoms with van der Waals surface area (Å²) in [6.07, 6.45) is 2.33. The second kappa shape index (κ2) is 9.71. The quantitative estimate of drug-likeness (QED) is 0.660. The molecule has 1 aliphatic heterocycles. The topological polar surface area (TPSA) is 45.5 Å². The van der Waals surface area contributed by atoms with Crippen LogP contribution >= 0.6 is 23.1 Å². The van der Waals surface area contributed by atoms with Crippen LogP contribution in [0.2, 0.25) is 0 Å². The molecule has 148 valence electrons. The van der Waals surface area contributed by atoms with Crippen LogP contribution in [0.4, 0.5) is 8.78 Å². The van der Waals surface area contributed by atoms with Gasteiger partial charge in [-0.25, -0.2) is 0 Å². The highest BCUT2D eigenvalue weighted by molar-refractivity contribution is 7.98. The summed E-state index contributed by atoms with van der Waals surface area (Å²) in [5.74, 6) is -1.43. The summed E-state index contributed by atoms with van der Waals surface area (Å²) in [5.41, 5.74) is 0. The molecular weight excluding hydrogens is 390 g/mol. The fraction of sp³-hybridized carbons (Fsp3) is 0.526. The molecule has 1 N–H and O–H groups in total. The number of furan rings is 1. The van der Waals surface area contributed by atoms with Crippen LogP contribution in [0.5, 0.6) is 0 Å². The number of carbonyl (C=O) groups excluding carboxylic acids is 1. The van der Waals surface area contributed by atoms with E-state index in [1.165, 1.54) is 17.7 Å². The maximum atomic E-state index is 12.4. The number of amides is 1.